The van der Waals surface area contributed by atoms with Gasteiger partial charge in [-0.1, -0.05) is 0 Å². The third-order valence-corrected chi connectivity index (χ3v) is 1.84. The normalized spacial score (nSPS) is 9.56. The van der Waals surface area contributed by atoms with Gasteiger partial charge in [-0.15, -0.1) is 0 Å². The van der Waals surface area contributed by atoms with Crippen LogP contribution in [0.3, 0.4) is 0 Å². The maximum absolute atomic E-state index is 11.4. The lowest BCUT2D eigenvalue weighted by Crippen LogP contribution is -2.29. The Bertz CT molecular complexity index is 416. The standard InChI is InChI=1S/C10H11NO5/c1-16-8-3-2-6(4-7(8)12)10(15)11-5-9(13)14/h2-4,12H,5H2,1H3,(H,11,15)(H,13,14). The second kappa shape index (κ2) is 5.01. The van der Waals surface area contributed by atoms with E-state index in [2.05, 4.69) is 5.32 Å². The molecule has 1 amide bonds. The number of hydrogen-bond donors (Lipinski definition) is 3. The maximum atomic E-state index is 11.4. The molecule has 0 fully saturated rings. The molecule has 86 valence electrons. The largest absolute Gasteiger partial charge is 0.504 e. The summed E-state index contributed by atoms with van der Waals surface area (Å²) < 4.78 is 4.80. The van der Waals surface area contributed by atoms with Gasteiger partial charge in [0.1, 0.15) is 6.54 Å². The van der Waals surface area contributed by atoms with Crippen LogP contribution in [-0.4, -0.2) is 35.7 Å². The van der Waals surface area contributed by atoms with Crippen LogP contribution >= 0.6 is 0 Å². The van der Waals surface area contributed by atoms with E-state index in [-0.39, 0.29) is 17.1 Å². The van der Waals surface area contributed by atoms with Crippen LogP contribution in [0.5, 0.6) is 11.5 Å². The van der Waals surface area contributed by atoms with Crippen LogP contribution in [0.1, 0.15) is 10.4 Å². The average molecular weight is 225 g/mol. The van der Waals surface area contributed by atoms with Gasteiger partial charge >= 0.3 is 5.97 Å². The number of carboxylic acid groups (broad SMARTS) is 1. The predicted octanol–water partition coefficient (Wildman–Crippen LogP) is 0.215. The van der Waals surface area contributed by atoms with E-state index in [1.165, 1.54) is 25.3 Å². The monoisotopic (exact) mass is 225 g/mol. The van der Waals surface area contributed by atoms with Gasteiger partial charge < -0.3 is 20.3 Å². The Morgan fingerprint density at radius 1 is 1.44 bits per heavy atom. The van der Waals surface area contributed by atoms with E-state index in [1.54, 1.807) is 0 Å². The molecule has 0 radical (unpaired) electrons. The second-order valence-corrected chi connectivity index (χ2v) is 2.96. The third kappa shape index (κ3) is 2.88. The average Bonchev–Trinajstić information content (AvgIpc) is 2.25. The van der Waals surface area contributed by atoms with Gasteiger partial charge in [-0.25, -0.2) is 0 Å². The van der Waals surface area contributed by atoms with Gasteiger partial charge in [0.05, 0.1) is 7.11 Å². The van der Waals surface area contributed by atoms with Crippen LogP contribution in [0.15, 0.2) is 18.2 Å². The van der Waals surface area contributed by atoms with Crippen LogP contribution in [0.2, 0.25) is 0 Å². The molecule has 0 unspecified atom stereocenters. The summed E-state index contributed by atoms with van der Waals surface area (Å²) >= 11 is 0. The Balaban J connectivity index is 2.77. The lowest BCUT2D eigenvalue weighted by atomic mass is 10.2. The molecule has 0 saturated carbocycles. The molecule has 0 aliphatic heterocycles. The summed E-state index contributed by atoms with van der Waals surface area (Å²) in [7, 11) is 1.39. The summed E-state index contributed by atoms with van der Waals surface area (Å²) in [6.07, 6.45) is 0. The zero-order valence-corrected chi connectivity index (χ0v) is 8.56. The van der Waals surface area contributed by atoms with Crippen LogP contribution in [-0.2, 0) is 4.79 Å². The van der Waals surface area contributed by atoms with E-state index in [0.29, 0.717) is 0 Å². The van der Waals surface area contributed by atoms with Crippen molar-refractivity contribution >= 4 is 11.9 Å². The molecule has 1 aromatic rings. The lowest BCUT2D eigenvalue weighted by molar-refractivity contribution is -0.135. The molecule has 0 heterocycles. The number of aliphatic carboxylic acids is 1. The SMILES string of the molecule is COc1ccc(C(=O)NCC(=O)O)cc1O. The smallest absolute Gasteiger partial charge is 0.322 e. The van der Waals surface area contributed by atoms with Crippen molar-refractivity contribution < 1.29 is 24.5 Å². The number of nitrogens with one attached hydrogen (secondary N) is 1. The number of phenolic OH excluding ortho intramolecular Hbond substituents is 1. The molecule has 1 aromatic carbocycles. The van der Waals surface area contributed by atoms with E-state index in [9.17, 15) is 14.7 Å². The molecule has 0 aliphatic carbocycles. The van der Waals surface area contributed by atoms with Crippen molar-refractivity contribution in [2.45, 2.75) is 0 Å². The van der Waals surface area contributed by atoms with Gasteiger partial charge in [0.25, 0.3) is 5.91 Å². The highest BCUT2D eigenvalue weighted by molar-refractivity contribution is 5.96. The van der Waals surface area contributed by atoms with Gasteiger partial charge in [-0.3, -0.25) is 9.59 Å². The fraction of sp³-hybridized carbons (Fsp3) is 0.200. The van der Waals surface area contributed by atoms with E-state index in [0.717, 1.165) is 0 Å². The number of amides is 1. The molecule has 1 rings (SSSR count). The number of aromatic hydroxyl groups is 1. The molecule has 0 aliphatic rings. The first-order valence-electron chi connectivity index (χ1n) is 4.41. The Labute approximate surface area is 91.5 Å². The number of methoxy groups -OCH3 is 1. The number of carbonyl (C=O) groups is 2. The zero-order chi connectivity index (χ0) is 12.1. The molecule has 0 bridgehead atoms. The first-order valence-corrected chi connectivity index (χ1v) is 4.41. The summed E-state index contributed by atoms with van der Waals surface area (Å²) in [5.74, 6) is -1.63. The van der Waals surface area contributed by atoms with Crippen molar-refractivity contribution in [3.8, 4) is 11.5 Å². The van der Waals surface area contributed by atoms with Crippen molar-refractivity contribution in [3.05, 3.63) is 23.8 Å². The van der Waals surface area contributed by atoms with Crippen molar-refractivity contribution in [3.63, 3.8) is 0 Å². The summed E-state index contributed by atoms with van der Waals surface area (Å²) in [6.45, 7) is -0.467. The minimum Gasteiger partial charge on any atom is -0.504 e. The van der Waals surface area contributed by atoms with Gasteiger partial charge in [-0.2, -0.15) is 0 Å². The summed E-state index contributed by atoms with van der Waals surface area (Å²) in [5, 5.41) is 19.9. The van der Waals surface area contributed by atoms with Crippen LogP contribution in [0, 0.1) is 0 Å². The van der Waals surface area contributed by atoms with Crippen molar-refractivity contribution in [2.24, 2.45) is 0 Å². The summed E-state index contributed by atoms with van der Waals surface area (Å²) in [6, 6.07) is 4.05. The minimum absolute atomic E-state index is 0.166. The quantitative estimate of drug-likeness (QED) is 0.681. The van der Waals surface area contributed by atoms with Crippen LogP contribution < -0.4 is 10.1 Å². The molecule has 16 heavy (non-hydrogen) atoms. The fourth-order valence-electron chi connectivity index (χ4n) is 1.09. The van der Waals surface area contributed by atoms with Gasteiger partial charge in [0.2, 0.25) is 0 Å². The van der Waals surface area contributed by atoms with Crippen LogP contribution in [0.25, 0.3) is 0 Å². The Hall–Kier alpha value is -2.24. The Morgan fingerprint density at radius 2 is 2.12 bits per heavy atom. The van der Waals surface area contributed by atoms with Crippen molar-refractivity contribution in [2.75, 3.05) is 13.7 Å². The van der Waals surface area contributed by atoms with E-state index < -0.39 is 18.4 Å². The van der Waals surface area contributed by atoms with Crippen molar-refractivity contribution in [1.29, 1.82) is 0 Å². The topological polar surface area (TPSA) is 95.9 Å². The number of ether oxygens (including phenoxy) is 1. The second-order valence-electron chi connectivity index (χ2n) is 2.96. The number of benzene rings is 1. The number of carboxylic acids is 1. The van der Waals surface area contributed by atoms with Gasteiger partial charge in [-0.05, 0) is 18.2 Å². The molecule has 3 N–H and O–H groups in total. The van der Waals surface area contributed by atoms with E-state index >= 15 is 0 Å². The molecular weight excluding hydrogens is 214 g/mol. The van der Waals surface area contributed by atoms with E-state index in [1.807, 2.05) is 0 Å². The predicted molar refractivity (Wildman–Crippen MR) is 54.6 cm³/mol. The third-order valence-electron chi connectivity index (χ3n) is 1.84. The molecule has 0 spiro atoms. The first-order chi connectivity index (χ1) is 7.54. The zero-order valence-electron chi connectivity index (χ0n) is 8.56. The molecule has 0 saturated heterocycles. The Morgan fingerprint density at radius 3 is 2.62 bits per heavy atom. The van der Waals surface area contributed by atoms with Crippen molar-refractivity contribution in [1.82, 2.24) is 5.32 Å². The summed E-state index contributed by atoms with van der Waals surface area (Å²) in [5.41, 5.74) is 0.166. The maximum Gasteiger partial charge on any atom is 0.322 e. The minimum atomic E-state index is -1.13. The fourth-order valence-corrected chi connectivity index (χ4v) is 1.09. The summed E-state index contributed by atoms with van der Waals surface area (Å²) in [4.78, 5) is 21.6. The highest BCUT2D eigenvalue weighted by atomic mass is 16.5. The van der Waals surface area contributed by atoms with Gasteiger partial charge in [0, 0.05) is 5.56 Å². The molecule has 0 aromatic heterocycles. The molecule has 6 nitrogen and oxygen atoms in total. The lowest BCUT2D eigenvalue weighted by Gasteiger charge is -2.06. The highest BCUT2D eigenvalue weighted by Gasteiger charge is 2.10. The number of carbonyl (C=O) groups excluding carboxylic acids is 1. The van der Waals surface area contributed by atoms with Gasteiger partial charge in [0.15, 0.2) is 11.5 Å². The van der Waals surface area contributed by atoms with Crippen LogP contribution in [0.4, 0.5) is 0 Å². The molecular formula is C10H11NO5. The van der Waals surface area contributed by atoms with E-state index in [4.69, 9.17) is 9.84 Å². The molecule has 0 atom stereocenters. The Kier molecular flexibility index (Phi) is 3.71. The highest BCUT2D eigenvalue weighted by Crippen LogP contribution is 2.25. The first kappa shape index (κ1) is 11.8. The number of phenols is 1. The number of hydrogen-bond acceptors (Lipinski definition) is 4. The number of rotatable bonds is 4. The molecule has 6 heteroatoms.